The van der Waals surface area contributed by atoms with Gasteiger partial charge in [0, 0.05) is 18.2 Å². The van der Waals surface area contributed by atoms with E-state index in [0.717, 1.165) is 10.3 Å². The smallest absolute Gasteiger partial charge is 0.106 e. The van der Waals surface area contributed by atoms with Gasteiger partial charge in [-0.3, -0.25) is 0 Å². The Balaban J connectivity index is 2.85. The molecule has 12 heavy (non-hydrogen) atoms. The summed E-state index contributed by atoms with van der Waals surface area (Å²) in [6, 6.07) is 5.58. The Morgan fingerprint density at radius 3 is 2.83 bits per heavy atom. The summed E-state index contributed by atoms with van der Waals surface area (Å²) in [5.41, 5.74) is 6.28. The Bertz CT molecular complexity index is 251. The first-order valence-electron chi connectivity index (χ1n) is 3.71. The van der Waals surface area contributed by atoms with Crippen molar-refractivity contribution in [2.75, 3.05) is 13.2 Å². The number of hydrogen-bond acceptors (Lipinski definition) is 3. The SMILES string of the molecule is NCC(CO)c1cccc(Br)n1. The first-order chi connectivity index (χ1) is 5.77. The number of nitrogens with two attached hydrogens (primary N) is 1. The summed E-state index contributed by atoms with van der Waals surface area (Å²) in [5.74, 6) is -0.0532. The summed E-state index contributed by atoms with van der Waals surface area (Å²) in [5, 5.41) is 8.94. The van der Waals surface area contributed by atoms with E-state index in [1.54, 1.807) is 0 Å². The zero-order chi connectivity index (χ0) is 8.97. The van der Waals surface area contributed by atoms with Crippen LogP contribution in [-0.4, -0.2) is 23.2 Å². The first kappa shape index (κ1) is 9.64. The number of hydrogen-bond donors (Lipinski definition) is 2. The van der Waals surface area contributed by atoms with E-state index < -0.39 is 0 Å². The molecule has 0 bridgehead atoms. The molecular formula is C8H11BrN2O. The third kappa shape index (κ3) is 2.27. The molecule has 0 aliphatic heterocycles. The molecule has 1 aromatic heterocycles. The lowest BCUT2D eigenvalue weighted by Gasteiger charge is -2.10. The van der Waals surface area contributed by atoms with E-state index in [1.807, 2.05) is 18.2 Å². The molecule has 0 saturated heterocycles. The molecule has 3 N–H and O–H groups in total. The van der Waals surface area contributed by atoms with Gasteiger partial charge in [-0.05, 0) is 28.1 Å². The van der Waals surface area contributed by atoms with Crippen LogP contribution in [0.15, 0.2) is 22.8 Å². The summed E-state index contributed by atoms with van der Waals surface area (Å²) in [7, 11) is 0. The molecular weight excluding hydrogens is 220 g/mol. The van der Waals surface area contributed by atoms with Crippen molar-refractivity contribution in [3.63, 3.8) is 0 Å². The number of nitrogens with zero attached hydrogens (tertiary/aromatic N) is 1. The van der Waals surface area contributed by atoms with Crippen LogP contribution in [-0.2, 0) is 0 Å². The van der Waals surface area contributed by atoms with Crippen LogP contribution in [0.4, 0.5) is 0 Å². The zero-order valence-corrected chi connectivity index (χ0v) is 8.16. The number of pyridine rings is 1. The van der Waals surface area contributed by atoms with Crippen LogP contribution in [0.3, 0.4) is 0 Å². The molecule has 0 spiro atoms. The summed E-state index contributed by atoms with van der Waals surface area (Å²) in [6.07, 6.45) is 0. The highest BCUT2D eigenvalue weighted by atomic mass is 79.9. The minimum atomic E-state index is -0.0532. The van der Waals surface area contributed by atoms with E-state index in [9.17, 15) is 0 Å². The highest BCUT2D eigenvalue weighted by Crippen LogP contribution is 2.14. The second-order valence-corrected chi connectivity index (χ2v) is 3.31. The van der Waals surface area contributed by atoms with Gasteiger partial charge >= 0.3 is 0 Å². The van der Waals surface area contributed by atoms with Gasteiger partial charge in [-0.1, -0.05) is 6.07 Å². The Kier molecular flexibility index (Phi) is 3.65. The van der Waals surface area contributed by atoms with Crippen molar-refractivity contribution in [3.05, 3.63) is 28.5 Å². The van der Waals surface area contributed by atoms with Crippen molar-refractivity contribution >= 4 is 15.9 Å². The van der Waals surface area contributed by atoms with Crippen molar-refractivity contribution in [1.29, 1.82) is 0 Å². The van der Waals surface area contributed by atoms with Gasteiger partial charge in [0.25, 0.3) is 0 Å². The molecule has 0 aliphatic rings. The number of rotatable bonds is 3. The Morgan fingerprint density at radius 2 is 2.33 bits per heavy atom. The lowest BCUT2D eigenvalue weighted by atomic mass is 10.1. The molecule has 1 rings (SSSR count). The highest BCUT2D eigenvalue weighted by molar-refractivity contribution is 9.10. The van der Waals surface area contributed by atoms with Gasteiger partial charge in [0.15, 0.2) is 0 Å². The van der Waals surface area contributed by atoms with Gasteiger partial charge in [0.2, 0.25) is 0 Å². The molecule has 0 aromatic carbocycles. The Labute approximate surface area is 79.7 Å². The number of aliphatic hydroxyl groups excluding tert-OH is 1. The van der Waals surface area contributed by atoms with Crippen LogP contribution in [0.2, 0.25) is 0 Å². The Morgan fingerprint density at radius 1 is 1.58 bits per heavy atom. The predicted octanol–water partition coefficient (Wildman–Crippen LogP) is 0.879. The van der Waals surface area contributed by atoms with E-state index >= 15 is 0 Å². The van der Waals surface area contributed by atoms with Crippen molar-refractivity contribution in [2.45, 2.75) is 5.92 Å². The van der Waals surface area contributed by atoms with Crippen molar-refractivity contribution in [3.8, 4) is 0 Å². The van der Waals surface area contributed by atoms with Crippen molar-refractivity contribution in [1.82, 2.24) is 4.98 Å². The van der Waals surface area contributed by atoms with Gasteiger partial charge in [0.1, 0.15) is 4.60 Å². The second-order valence-electron chi connectivity index (χ2n) is 2.50. The van der Waals surface area contributed by atoms with E-state index in [2.05, 4.69) is 20.9 Å². The zero-order valence-electron chi connectivity index (χ0n) is 6.57. The molecule has 1 aromatic rings. The molecule has 3 nitrogen and oxygen atoms in total. The fourth-order valence-corrected chi connectivity index (χ4v) is 1.30. The molecule has 66 valence electrons. The Hall–Kier alpha value is -0.450. The largest absolute Gasteiger partial charge is 0.396 e. The van der Waals surface area contributed by atoms with E-state index in [-0.39, 0.29) is 12.5 Å². The van der Waals surface area contributed by atoms with Gasteiger partial charge in [-0.15, -0.1) is 0 Å². The lowest BCUT2D eigenvalue weighted by Crippen LogP contribution is -2.17. The van der Waals surface area contributed by atoms with Crippen molar-refractivity contribution in [2.24, 2.45) is 5.73 Å². The topological polar surface area (TPSA) is 59.1 Å². The minimum absolute atomic E-state index is 0.0416. The third-order valence-corrected chi connectivity index (χ3v) is 2.10. The highest BCUT2D eigenvalue weighted by Gasteiger charge is 2.09. The molecule has 1 unspecified atom stereocenters. The third-order valence-electron chi connectivity index (χ3n) is 1.66. The average molecular weight is 231 g/mol. The number of aromatic nitrogens is 1. The lowest BCUT2D eigenvalue weighted by molar-refractivity contribution is 0.265. The number of halogens is 1. The quantitative estimate of drug-likeness (QED) is 0.759. The summed E-state index contributed by atoms with van der Waals surface area (Å²) < 4.78 is 0.770. The van der Waals surface area contributed by atoms with Gasteiger partial charge in [-0.25, -0.2) is 4.98 Å². The van der Waals surface area contributed by atoms with Crippen LogP contribution >= 0.6 is 15.9 Å². The molecule has 1 atom stereocenters. The predicted molar refractivity (Wildman–Crippen MR) is 50.8 cm³/mol. The fraction of sp³-hybridized carbons (Fsp3) is 0.375. The van der Waals surface area contributed by atoms with E-state index in [0.29, 0.717) is 6.54 Å². The van der Waals surface area contributed by atoms with Crippen LogP contribution in [0.1, 0.15) is 11.6 Å². The molecule has 0 saturated carbocycles. The molecule has 0 amide bonds. The van der Waals surface area contributed by atoms with E-state index in [1.165, 1.54) is 0 Å². The van der Waals surface area contributed by atoms with Crippen LogP contribution in [0.5, 0.6) is 0 Å². The van der Waals surface area contributed by atoms with Gasteiger partial charge < -0.3 is 10.8 Å². The van der Waals surface area contributed by atoms with Gasteiger partial charge in [0.05, 0.1) is 6.61 Å². The molecule has 0 radical (unpaired) electrons. The van der Waals surface area contributed by atoms with Crippen LogP contribution < -0.4 is 5.73 Å². The van der Waals surface area contributed by atoms with E-state index in [4.69, 9.17) is 10.8 Å². The van der Waals surface area contributed by atoms with Crippen LogP contribution in [0.25, 0.3) is 0 Å². The maximum absolute atomic E-state index is 8.94. The second kappa shape index (κ2) is 4.54. The normalized spacial score (nSPS) is 12.9. The summed E-state index contributed by atoms with van der Waals surface area (Å²) in [4.78, 5) is 4.19. The summed E-state index contributed by atoms with van der Waals surface area (Å²) in [6.45, 7) is 0.458. The average Bonchev–Trinajstić information content (AvgIpc) is 2.07. The molecule has 1 heterocycles. The maximum atomic E-state index is 8.94. The molecule has 0 aliphatic carbocycles. The monoisotopic (exact) mass is 230 g/mol. The van der Waals surface area contributed by atoms with Crippen LogP contribution in [0, 0.1) is 0 Å². The molecule has 0 fully saturated rings. The fourth-order valence-electron chi connectivity index (χ4n) is 0.940. The summed E-state index contributed by atoms with van der Waals surface area (Å²) >= 11 is 3.26. The maximum Gasteiger partial charge on any atom is 0.106 e. The minimum Gasteiger partial charge on any atom is -0.396 e. The first-order valence-corrected chi connectivity index (χ1v) is 4.50. The number of aliphatic hydroxyl groups is 1. The van der Waals surface area contributed by atoms with Crippen molar-refractivity contribution < 1.29 is 5.11 Å². The standard InChI is InChI=1S/C8H11BrN2O/c9-8-3-1-2-7(11-8)6(4-10)5-12/h1-3,6,12H,4-5,10H2. The molecule has 4 heteroatoms. The van der Waals surface area contributed by atoms with Gasteiger partial charge in [-0.2, -0.15) is 0 Å².